The summed E-state index contributed by atoms with van der Waals surface area (Å²) in [7, 11) is 0. The molecule has 0 unspecified atom stereocenters. The standard InChI is InChI=1S/C20H26N4O3/c1-20(2,3)27-19(25)24-12-16(13-24)18-22-21-17(26-18)15-10-23(11-15)9-14-7-5-4-6-8-14/h4-8,15-16H,9-13H2,1-3H3. The minimum atomic E-state index is -0.477. The Morgan fingerprint density at radius 2 is 1.67 bits per heavy atom. The summed E-state index contributed by atoms with van der Waals surface area (Å²) in [6.45, 7) is 9.56. The molecule has 4 rings (SSSR count). The number of carbonyl (C=O) groups excluding carboxylic acids is 1. The Bertz CT molecular complexity index is 787. The van der Waals surface area contributed by atoms with Crippen molar-refractivity contribution in [3.8, 4) is 0 Å². The molecule has 0 bridgehead atoms. The van der Waals surface area contributed by atoms with Gasteiger partial charge in [-0.15, -0.1) is 10.2 Å². The molecule has 1 amide bonds. The maximum Gasteiger partial charge on any atom is 0.410 e. The third kappa shape index (κ3) is 4.13. The van der Waals surface area contributed by atoms with E-state index in [9.17, 15) is 4.79 Å². The molecule has 0 radical (unpaired) electrons. The first kappa shape index (κ1) is 18.0. The van der Waals surface area contributed by atoms with Crippen molar-refractivity contribution in [1.82, 2.24) is 20.0 Å². The van der Waals surface area contributed by atoms with Crippen LogP contribution in [0.5, 0.6) is 0 Å². The van der Waals surface area contributed by atoms with E-state index in [0.717, 1.165) is 19.6 Å². The molecular formula is C20H26N4O3. The second-order valence-electron chi connectivity index (χ2n) is 8.44. The number of carbonyl (C=O) groups is 1. The Morgan fingerprint density at radius 3 is 2.26 bits per heavy atom. The summed E-state index contributed by atoms with van der Waals surface area (Å²) in [5.74, 6) is 1.76. The zero-order valence-electron chi connectivity index (χ0n) is 16.1. The van der Waals surface area contributed by atoms with E-state index in [4.69, 9.17) is 9.15 Å². The quantitative estimate of drug-likeness (QED) is 0.824. The number of hydrogen-bond donors (Lipinski definition) is 0. The molecule has 7 nitrogen and oxygen atoms in total. The minimum Gasteiger partial charge on any atom is -0.444 e. The van der Waals surface area contributed by atoms with Gasteiger partial charge in [0.25, 0.3) is 0 Å². The van der Waals surface area contributed by atoms with Crippen LogP contribution < -0.4 is 0 Å². The Kier molecular flexibility index (Phi) is 4.63. The van der Waals surface area contributed by atoms with Crippen molar-refractivity contribution >= 4 is 6.09 Å². The van der Waals surface area contributed by atoms with Crippen molar-refractivity contribution in [3.05, 3.63) is 47.7 Å². The molecule has 1 aromatic carbocycles. The molecule has 7 heteroatoms. The fraction of sp³-hybridized carbons (Fsp3) is 0.550. The van der Waals surface area contributed by atoms with E-state index in [1.807, 2.05) is 26.8 Å². The van der Waals surface area contributed by atoms with Gasteiger partial charge in [0.15, 0.2) is 0 Å². The van der Waals surface area contributed by atoms with Gasteiger partial charge >= 0.3 is 6.09 Å². The molecule has 0 saturated carbocycles. The van der Waals surface area contributed by atoms with Crippen LogP contribution in [0.2, 0.25) is 0 Å². The minimum absolute atomic E-state index is 0.110. The number of ether oxygens (including phenoxy) is 1. The van der Waals surface area contributed by atoms with Crippen LogP contribution in [0.4, 0.5) is 4.79 Å². The van der Waals surface area contributed by atoms with Gasteiger partial charge in [-0.1, -0.05) is 30.3 Å². The molecule has 2 aromatic rings. The fourth-order valence-electron chi connectivity index (χ4n) is 3.38. The van der Waals surface area contributed by atoms with Crippen molar-refractivity contribution in [1.29, 1.82) is 0 Å². The van der Waals surface area contributed by atoms with Crippen LogP contribution in [0.25, 0.3) is 0 Å². The maximum atomic E-state index is 12.0. The molecule has 1 aromatic heterocycles. The van der Waals surface area contributed by atoms with E-state index in [0.29, 0.717) is 30.8 Å². The lowest BCUT2D eigenvalue weighted by molar-refractivity contribution is 0.00580. The molecule has 0 spiro atoms. The molecule has 144 valence electrons. The molecule has 0 aliphatic carbocycles. The van der Waals surface area contributed by atoms with Gasteiger partial charge in [0, 0.05) is 32.7 Å². The SMILES string of the molecule is CC(C)(C)OC(=O)N1CC(c2nnc(C3CN(Cc4ccccc4)C3)o2)C1. The van der Waals surface area contributed by atoms with Gasteiger partial charge in [-0.25, -0.2) is 4.79 Å². The first-order valence-electron chi connectivity index (χ1n) is 9.45. The summed E-state index contributed by atoms with van der Waals surface area (Å²) in [6.07, 6.45) is -0.283. The van der Waals surface area contributed by atoms with E-state index < -0.39 is 5.60 Å². The molecule has 0 N–H and O–H groups in total. The molecule has 27 heavy (non-hydrogen) atoms. The molecule has 2 aliphatic rings. The Morgan fingerprint density at radius 1 is 1.07 bits per heavy atom. The van der Waals surface area contributed by atoms with Crippen molar-refractivity contribution in [3.63, 3.8) is 0 Å². The summed E-state index contributed by atoms with van der Waals surface area (Å²) in [5.41, 5.74) is 0.842. The van der Waals surface area contributed by atoms with Crippen LogP contribution in [0.3, 0.4) is 0 Å². The second-order valence-corrected chi connectivity index (χ2v) is 8.44. The average molecular weight is 370 g/mol. The molecule has 2 saturated heterocycles. The highest BCUT2D eigenvalue weighted by atomic mass is 16.6. The van der Waals surface area contributed by atoms with Crippen molar-refractivity contribution in [2.45, 2.75) is 44.8 Å². The fourth-order valence-corrected chi connectivity index (χ4v) is 3.38. The summed E-state index contributed by atoms with van der Waals surface area (Å²) < 4.78 is 11.3. The van der Waals surface area contributed by atoms with E-state index in [-0.39, 0.29) is 12.0 Å². The van der Waals surface area contributed by atoms with E-state index in [1.165, 1.54) is 5.56 Å². The smallest absolute Gasteiger partial charge is 0.410 e. The largest absolute Gasteiger partial charge is 0.444 e. The van der Waals surface area contributed by atoms with Crippen LogP contribution in [-0.2, 0) is 11.3 Å². The van der Waals surface area contributed by atoms with Gasteiger partial charge in [0.05, 0.1) is 11.8 Å². The van der Waals surface area contributed by atoms with Gasteiger partial charge < -0.3 is 14.1 Å². The highest BCUT2D eigenvalue weighted by Gasteiger charge is 2.39. The number of rotatable bonds is 4. The monoisotopic (exact) mass is 370 g/mol. The predicted octanol–water partition coefficient (Wildman–Crippen LogP) is 3.00. The second kappa shape index (κ2) is 6.96. The van der Waals surface area contributed by atoms with Crippen molar-refractivity contribution in [2.75, 3.05) is 26.2 Å². The molecular weight excluding hydrogens is 344 g/mol. The van der Waals surface area contributed by atoms with Gasteiger partial charge in [-0.05, 0) is 26.3 Å². The molecule has 2 fully saturated rings. The summed E-state index contributed by atoms with van der Waals surface area (Å²) >= 11 is 0. The number of nitrogens with zero attached hydrogens (tertiary/aromatic N) is 4. The molecule has 3 heterocycles. The van der Waals surface area contributed by atoms with E-state index in [1.54, 1.807) is 4.90 Å². The summed E-state index contributed by atoms with van der Waals surface area (Å²) in [5, 5.41) is 8.44. The summed E-state index contributed by atoms with van der Waals surface area (Å²) in [6, 6.07) is 10.5. The Hall–Kier alpha value is -2.41. The van der Waals surface area contributed by atoms with Gasteiger partial charge in [0.1, 0.15) is 5.60 Å². The lowest BCUT2D eigenvalue weighted by atomic mass is 9.99. The summed E-state index contributed by atoms with van der Waals surface area (Å²) in [4.78, 5) is 16.0. The van der Waals surface area contributed by atoms with Crippen molar-refractivity contribution < 1.29 is 13.9 Å². The highest BCUT2D eigenvalue weighted by Crippen LogP contribution is 2.32. The predicted molar refractivity (Wildman–Crippen MR) is 99.3 cm³/mol. The lowest BCUT2D eigenvalue weighted by Crippen LogP contribution is -2.50. The maximum absolute atomic E-state index is 12.0. The molecule has 2 aliphatic heterocycles. The van der Waals surface area contributed by atoms with Crippen LogP contribution >= 0.6 is 0 Å². The number of benzene rings is 1. The zero-order chi connectivity index (χ0) is 19.0. The van der Waals surface area contributed by atoms with Crippen LogP contribution in [0.15, 0.2) is 34.7 Å². The van der Waals surface area contributed by atoms with Crippen LogP contribution in [-0.4, -0.2) is 57.9 Å². The molecule has 0 atom stereocenters. The Balaban J connectivity index is 1.24. The number of hydrogen-bond acceptors (Lipinski definition) is 6. The third-order valence-corrected chi connectivity index (χ3v) is 4.89. The first-order valence-corrected chi connectivity index (χ1v) is 9.45. The van der Waals surface area contributed by atoms with E-state index >= 15 is 0 Å². The van der Waals surface area contributed by atoms with Gasteiger partial charge in [-0.3, -0.25) is 4.90 Å². The third-order valence-electron chi connectivity index (χ3n) is 4.89. The van der Waals surface area contributed by atoms with E-state index in [2.05, 4.69) is 39.4 Å². The first-order chi connectivity index (χ1) is 12.9. The zero-order valence-corrected chi connectivity index (χ0v) is 16.1. The van der Waals surface area contributed by atoms with Crippen LogP contribution in [0, 0.1) is 0 Å². The number of amides is 1. The lowest BCUT2D eigenvalue weighted by Gasteiger charge is -2.38. The van der Waals surface area contributed by atoms with Crippen molar-refractivity contribution in [2.24, 2.45) is 0 Å². The van der Waals surface area contributed by atoms with Gasteiger partial charge in [0.2, 0.25) is 11.8 Å². The van der Waals surface area contributed by atoms with Gasteiger partial charge in [-0.2, -0.15) is 0 Å². The highest BCUT2D eigenvalue weighted by molar-refractivity contribution is 5.69. The normalized spacial score (nSPS) is 18.9. The Labute approximate surface area is 159 Å². The number of aromatic nitrogens is 2. The number of likely N-dealkylation sites (tertiary alicyclic amines) is 2. The van der Waals surface area contributed by atoms with Crippen LogP contribution in [0.1, 0.15) is 50.0 Å². The topological polar surface area (TPSA) is 71.7 Å². The average Bonchev–Trinajstić information content (AvgIpc) is 2.97.